The van der Waals surface area contributed by atoms with Crippen LogP contribution in [0.15, 0.2) is 61.1 Å². The van der Waals surface area contributed by atoms with Gasteiger partial charge < -0.3 is 4.74 Å². The predicted octanol–water partition coefficient (Wildman–Crippen LogP) is 3.58. The summed E-state index contributed by atoms with van der Waals surface area (Å²) in [5, 5.41) is 2.17. The third-order valence-electron chi connectivity index (χ3n) is 3.63. The van der Waals surface area contributed by atoms with E-state index < -0.39 is 0 Å². The van der Waals surface area contributed by atoms with E-state index in [4.69, 9.17) is 4.74 Å². The number of para-hydroxylation sites is 2. The Labute approximate surface area is 121 Å². The van der Waals surface area contributed by atoms with Crippen LogP contribution in [0.3, 0.4) is 0 Å². The largest absolute Gasteiger partial charge is 0.497 e. The van der Waals surface area contributed by atoms with E-state index in [1.54, 1.807) is 7.11 Å². The number of hydrogen-bond donors (Lipinski definition) is 0. The number of aromatic nitrogens is 3. The number of nitrogens with zero attached hydrogens (tertiary/aromatic N) is 3. The molecule has 2 aromatic carbocycles. The van der Waals surface area contributed by atoms with Gasteiger partial charge in [0.25, 0.3) is 0 Å². The fourth-order valence-electron chi connectivity index (χ4n) is 2.59. The van der Waals surface area contributed by atoms with E-state index in [0.29, 0.717) is 0 Å². The van der Waals surface area contributed by atoms with Crippen LogP contribution in [-0.4, -0.2) is 21.6 Å². The molecule has 0 bridgehead atoms. The first-order valence-electron chi connectivity index (χ1n) is 6.72. The molecule has 2 heterocycles. The van der Waals surface area contributed by atoms with Gasteiger partial charge in [0.1, 0.15) is 17.9 Å². The fourth-order valence-corrected chi connectivity index (χ4v) is 2.59. The smallest absolute Gasteiger partial charge is 0.146 e. The first-order chi connectivity index (χ1) is 10.4. The molecule has 102 valence electrons. The Morgan fingerprint density at radius 1 is 1.00 bits per heavy atom. The van der Waals surface area contributed by atoms with E-state index in [1.165, 1.54) is 0 Å². The molecule has 0 saturated heterocycles. The van der Waals surface area contributed by atoms with E-state index >= 15 is 0 Å². The predicted molar refractivity (Wildman–Crippen MR) is 82.9 cm³/mol. The zero-order valence-corrected chi connectivity index (χ0v) is 11.5. The second kappa shape index (κ2) is 4.59. The third kappa shape index (κ3) is 1.84. The quantitative estimate of drug-likeness (QED) is 0.561. The summed E-state index contributed by atoms with van der Waals surface area (Å²) in [7, 11) is 1.67. The van der Waals surface area contributed by atoms with Crippen molar-refractivity contribution in [3.05, 3.63) is 61.1 Å². The molecule has 21 heavy (non-hydrogen) atoms. The van der Waals surface area contributed by atoms with Crippen LogP contribution in [0.2, 0.25) is 0 Å². The number of fused-ring (bicyclic) bond motifs is 2. The Morgan fingerprint density at radius 3 is 2.81 bits per heavy atom. The van der Waals surface area contributed by atoms with Crippen molar-refractivity contribution in [3.8, 4) is 11.6 Å². The molecule has 0 saturated carbocycles. The second-order valence-electron chi connectivity index (χ2n) is 4.82. The molecular formula is C17H13N3O. The molecule has 0 aliphatic heterocycles. The second-order valence-corrected chi connectivity index (χ2v) is 4.82. The van der Waals surface area contributed by atoms with Crippen molar-refractivity contribution in [3.63, 3.8) is 0 Å². The Bertz CT molecular complexity index is 943. The number of ether oxygens (including phenoxy) is 1. The average molecular weight is 275 g/mol. The molecule has 4 nitrogen and oxygen atoms in total. The summed E-state index contributed by atoms with van der Waals surface area (Å²) in [5.41, 5.74) is 2.01. The van der Waals surface area contributed by atoms with Gasteiger partial charge in [-0.15, -0.1) is 0 Å². The van der Waals surface area contributed by atoms with Gasteiger partial charge in [-0.2, -0.15) is 0 Å². The van der Waals surface area contributed by atoms with Gasteiger partial charge in [-0.05, 0) is 41.8 Å². The van der Waals surface area contributed by atoms with Gasteiger partial charge in [0, 0.05) is 11.6 Å². The number of rotatable bonds is 2. The van der Waals surface area contributed by atoms with Crippen molar-refractivity contribution in [1.29, 1.82) is 0 Å². The van der Waals surface area contributed by atoms with Crippen molar-refractivity contribution in [2.75, 3.05) is 7.11 Å². The first-order valence-corrected chi connectivity index (χ1v) is 6.72. The lowest BCUT2D eigenvalue weighted by atomic mass is 10.1. The van der Waals surface area contributed by atoms with Crippen LogP contribution in [0.4, 0.5) is 0 Å². The summed E-state index contributed by atoms with van der Waals surface area (Å²) < 4.78 is 7.30. The van der Waals surface area contributed by atoms with Gasteiger partial charge in [-0.1, -0.05) is 12.1 Å². The molecule has 2 aromatic heterocycles. The maximum Gasteiger partial charge on any atom is 0.146 e. The minimum atomic E-state index is 0.843. The Morgan fingerprint density at radius 2 is 1.90 bits per heavy atom. The van der Waals surface area contributed by atoms with Crippen molar-refractivity contribution < 1.29 is 4.74 Å². The summed E-state index contributed by atoms with van der Waals surface area (Å²) >= 11 is 0. The standard InChI is InChI=1S/C17H13N3O/c1-21-13-6-7-14-12(10-13)8-9-18-17(14)20-11-19-15-4-2-3-5-16(15)20/h2-11H,1H3. The lowest BCUT2D eigenvalue weighted by Crippen LogP contribution is -1.97. The van der Waals surface area contributed by atoms with Crippen molar-refractivity contribution in [2.24, 2.45) is 0 Å². The van der Waals surface area contributed by atoms with Gasteiger partial charge in [-0.25, -0.2) is 9.97 Å². The molecule has 0 fully saturated rings. The number of hydrogen-bond acceptors (Lipinski definition) is 3. The Kier molecular flexibility index (Phi) is 2.60. The number of pyridine rings is 1. The lowest BCUT2D eigenvalue weighted by Gasteiger charge is -2.08. The van der Waals surface area contributed by atoms with Crippen LogP contribution in [0.1, 0.15) is 0 Å². The van der Waals surface area contributed by atoms with Crippen LogP contribution in [0.5, 0.6) is 5.75 Å². The molecule has 0 unspecified atom stereocenters. The normalized spacial score (nSPS) is 11.1. The highest BCUT2D eigenvalue weighted by atomic mass is 16.5. The SMILES string of the molecule is COc1ccc2c(-n3cnc4ccccc43)nccc2c1. The molecule has 0 atom stereocenters. The van der Waals surface area contributed by atoms with Crippen LogP contribution < -0.4 is 4.74 Å². The van der Waals surface area contributed by atoms with Crippen molar-refractivity contribution >= 4 is 21.8 Å². The third-order valence-corrected chi connectivity index (χ3v) is 3.63. The van der Waals surface area contributed by atoms with Crippen LogP contribution in [-0.2, 0) is 0 Å². The van der Waals surface area contributed by atoms with Gasteiger partial charge in [-0.3, -0.25) is 4.57 Å². The number of benzene rings is 2. The van der Waals surface area contributed by atoms with E-state index in [9.17, 15) is 0 Å². The minimum absolute atomic E-state index is 0.843. The van der Waals surface area contributed by atoms with Crippen molar-refractivity contribution in [1.82, 2.24) is 14.5 Å². The highest BCUT2D eigenvalue weighted by molar-refractivity contribution is 5.91. The molecule has 0 aliphatic rings. The zero-order valence-electron chi connectivity index (χ0n) is 11.5. The molecule has 0 amide bonds. The molecule has 4 heteroatoms. The summed E-state index contributed by atoms with van der Waals surface area (Å²) in [6.07, 6.45) is 3.63. The topological polar surface area (TPSA) is 39.9 Å². The van der Waals surface area contributed by atoms with E-state index in [-0.39, 0.29) is 0 Å². The maximum absolute atomic E-state index is 5.28. The number of methoxy groups -OCH3 is 1. The molecule has 0 aliphatic carbocycles. The summed E-state index contributed by atoms with van der Waals surface area (Å²) in [6, 6.07) is 16.0. The average Bonchev–Trinajstić information content (AvgIpc) is 2.97. The van der Waals surface area contributed by atoms with Crippen LogP contribution in [0, 0.1) is 0 Å². The highest BCUT2D eigenvalue weighted by Crippen LogP contribution is 2.26. The fraction of sp³-hybridized carbons (Fsp3) is 0.0588. The van der Waals surface area contributed by atoms with E-state index in [0.717, 1.165) is 33.4 Å². The highest BCUT2D eigenvalue weighted by Gasteiger charge is 2.09. The van der Waals surface area contributed by atoms with Gasteiger partial charge in [0.05, 0.1) is 18.1 Å². The van der Waals surface area contributed by atoms with Gasteiger partial charge >= 0.3 is 0 Å². The monoisotopic (exact) mass is 275 g/mol. The summed E-state index contributed by atoms with van der Waals surface area (Å²) in [4.78, 5) is 8.97. The minimum Gasteiger partial charge on any atom is -0.497 e. The molecular weight excluding hydrogens is 262 g/mol. The van der Waals surface area contributed by atoms with E-state index in [1.807, 2.05) is 65.6 Å². The number of imidazole rings is 1. The molecule has 0 N–H and O–H groups in total. The molecule has 4 rings (SSSR count). The zero-order chi connectivity index (χ0) is 14.2. The van der Waals surface area contributed by atoms with Gasteiger partial charge in [0.15, 0.2) is 0 Å². The van der Waals surface area contributed by atoms with E-state index in [2.05, 4.69) is 9.97 Å². The van der Waals surface area contributed by atoms with Crippen LogP contribution in [0.25, 0.3) is 27.6 Å². The van der Waals surface area contributed by atoms with Crippen LogP contribution >= 0.6 is 0 Å². The molecule has 4 aromatic rings. The maximum atomic E-state index is 5.28. The molecule has 0 radical (unpaired) electrons. The van der Waals surface area contributed by atoms with Gasteiger partial charge in [0.2, 0.25) is 0 Å². The summed E-state index contributed by atoms with van der Waals surface area (Å²) in [6.45, 7) is 0. The van der Waals surface area contributed by atoms with Crippen molar-refractivity contribution in [2.45, 2.75) is 0 Å². The first kappa shape index (κ1) is 11.9. The summed E-state index contributed by atoms with van der Waals surface area (Å²) in [5.74, 6) is 1.72. The lowest BCUT2D eigenvalue weighted by molar-refractivity contribution is 0.415. The molecule has 0 spiro atoms. The Balaban J connectivity index is 2.02. The Hall–Kier alpha value is -2.88.